The summed E-state index contributed by atoms with van der Waals surface area (Å²) in [4.78, 5) is 17.0. The van der Waals surface area contributed by atoms with Crippen LogP contribution in [0.5, 0.6) is 5.88 Å². The number of aromatic nitrogens is 3. The molecule has 6 nitrogen and oxygen atoms in total. The Balaban J connectivity index is 1.57. The van der Waals surface area contributed by atoms with Crippen LogP contribution >= 0.6 is 0 Å². The van der Waals surface area contributed by atoms with Crippen LogP contribution in [0.4, 0.5) is 5.69 Å². The van der Waals surface area contributed by atoms with Crippen LogP contribution in [0.15, 0.2) is 36.5 Å². The molecule has 1 saturated carbocycles. The zero-order chi connectivity index (χ0) is 18.8. The van der Waals surface area contributed by atoms with E-state index in [1.807, 2.05) is 37.4 Å². The van der Waals surface area contributed by atoms with E-state index in [-0.39, 0.29) is 5.91 Å². The molecule has 4 rings (SSSR count). The first-order valence-corrected chi connectivity index (χ1v) is 9.43. The lowest BCUT2D eigenvalue weighted by Crippen LogP contribution is -2.15. The van der Waals surface area contributed by atoms with Crippen LogP contribution in [0.2, 0.25) is 0 Å². The normalized spacial score (nSPS) is 14.6. The quantitative estimate of drug-likeness (QED) is 0.735. The van der Waals surface area contributed by atoms with Gasteiger partial charge in [0.2, 0.25) is 11.8 Å². The monoisotopic (exact) mass is 364 g/mol. The molecule has 2 heterocycles. The second-order valence-corrected chi connectivity index (χ2v) is 7.24. The van der Waals surface area contributed by atoms with Gasteiger partial charge < -0.3 is 10.1 Å². The standard InChI is InChI=1S/C21H24N4O2/c1-14-7-8-16(12-17(14)23-20(26)11-15-5-3-4-6-15)18-13-25-19(22-18)9-10-21(24-25)27-2/h7-10,12-13,15H,3-6,11H2,1-2H3,(H,23,26). The van der Waals surface area contributed by atoms with Gasteiger partial charge in [0.05, 0.1) is 19.0 Å². The smallest absolute Gasteiger partial charge is 0.231 e. The van der Waals surface area contributed by atoms with Gasteiger partial charge in [0.25, 0.3) is 0 Å². The Morgan fingerprint density at radius 1 is 1.26 bits per heavy atom. The molecule has 0 radical (unpaired) electrons. The second-order valence-electron chi connectivity index (χ2n) is 7.24. The first kappa shape index (κ1) is 17.5. The van der Waals surface area contributed by atoms with Crippen molar-refractivity contribution < 1.29 is 9.53 Å². The molecule has 1 fully saturated rings. The number of methoxy groups -OCH3 is 1. The molecule has 1 aromatic carbocycles. The molecule has 27 heavy (non-hydrogen) atoms. The van der Waals surface area contributed by atoms with Gasteiger partial charge in [0.1, 0.15) is 0 Å². The lowest BCUT2D eigenvalue weighted by atomic mass is 10.0. The summed E-state index contributed by atoms with van der Waals surface area (Å²) >= 11 is 0. The maximum atomic E-state index is 12.4. The van der Waals surface area contributed by atoms with Gasteiger partial charge in [-0.15, -0.1) is 5.10 Å². The summed E-state index contributed by atoms with van der Waals surface area (Å²) in [6, 6.07) is 9.67. The van der Waals surface area contributed by atoms with Crippen LogP contribution in [-0.4, -0.2) is 27.6 Å². The number of amides is 1. The molecular weight excluding hydrogens is 340 g/mol. The van der Waals surface area contributed by atoms with Crippen molar-refractivity contribution in [2.75, 3.05) is 12.4 Å². The highest BCUT2D eigenvalue weighted by molar-refractivity contribution is 5.92. The van der Waals surface area contributed by atoms with Gasteiger partial charge in [-0.25, -0.2) is 9.50 Å². The lowest BCUT2D eigenvalue weighted by molar-refractivity contribution is -0.117. The molecule has 1 amide bonds. The number of anilines is 1. The average Bonchev–Trinajstić information content (AvgIpc) is 3.32. The number of nitrogens with one attached hydrogen (secondary N) is 1. The molecule has 1 aliphatic carbocycles. The predicted octanol–water partition coefficient (Wildman–Crippen LogP) is 4.23. The van der Waals surface area contributed by atoms with E-state index in [2.05, 4.69) is 15.4 Å². The maximum absolute atomic E-state index is 12.4. The Morgan fingerprint density at radius 2 is 2.07 bits per heavy atom. The third-order valence-electron chi connectivity index (χ3n) is 5.26. The number of benzene rings is 1. The summed E-state index contributed by atoms with van der Waals surface area (Å²) in [6.45, 7) is 2.01. The fourth-order valence-electron chi connectivity index (χ4n) is 3.71. The molecule has 0 saturated heterocycles. The summed E-state index contributed by atoms with van der Waals surface area (Å²) in [5, 5.41) is 7.44. The highest BCUT2D eigenvalue weighted by Gasteiger charge is 2.19. The molecule has 2 aromatic heterocycles. The summed E-state index contributed by atoms with van der Waals surface area (Å²) in [5.41, 5.74) is 4.39. The number of fused-ring (bicyclic) bond motifs is 1. The molecule has 1 aliphatic rings. The maximum Gasteiger partial charge on any atom is 0.231 e. The molecule has 140 valence electrons. The molecule has 0 aliphatic heterocycles. The number of carbonyl (C=O) groups excluding carboxylic acids is 1. The average molecular weight is 364 g/mol. The fraction of sp³-hybridized carbons (Fsp3) is 0.381. The van der Waals surface area contributed by atoms with Crippen molar-refractivity contribution in [3.8, 4) is 17.1 Å². The third-order valence-corrected chi connectivity index (χ3v) is 5.26. The molecular formula is C21H24N4O2. The minimum atomic E-state index is 0.101. The van der Waals surface area contributed by atoms with Crippen molar-refractivity contribution in [1.82, 2.24) is 14.6 Å². The Bertz CT molecular complexity index is 973. The highest BCUT2D eigenvalue weighted by Crippen LogP contribution is 2.29. The summed E-state index contributed by atoms with van der Waals surface area (Å²) in [6.07, 6.45) is 7.32. The predicted molar refractivity (Wildman–Crippen MR) is 105 cm³/mol. The van der Waals surface area contributed by atoms with E-state index in [1.165, 1.54) is 25.7 Å². The van der Waals surface area contributed by atoms with Crippen molar-refractivity contribution >= 4 is 17.2 Å². The Morgan fingerprint density at radius 3 is 2.85 bits per heavy atom. The van der Waals surface area contributed by atoms with Crippen molar-refractivity contribution in [3.05, 3.63) is 42.1 Å². The van der Waals surface area contributed by atoms with Gasteiger partial charge >= 0.3 is 0 Å². The topological polar surface area (TPSA) is 68.5 Å². The van der Waals surface area contributed by atoms with Crippen LogP contribution in [0.1, 0.15) is 37.7 Å². The molecule has 0 bridgehead atoms. The first-order chi connectivity index (χ1) is 13.1. The zero-order valence-corrected chi connectivity index (χ0v) is 15.7. The number of imidazole rings is 1. The molecule has 1 N–H and O–H groups in total. The lowest BCUT2D eigenvalue weighted by Gasteiger charge is -2.12. The van der Waals surface area contributed by atoms with Crippen molar-refractivity contribution in [2.45, 2.75) is 39.0 Å². The zero-order valence-electron chi connectivity index (χ0n) is 15.7. The minimum Gasteiger partial charge on any atom is -0.480 e. The molecule has 6 heteroatoms. The molecule has 3 aromatic rings. The number of aryl methyl sites for hydroxylation is 1. The summed E-state index contributed by atoms with van der Waals surface area (Å²) in [5.74, 6) is 1.17. The number of carbonyl (C=O) groups is 1. The van der Waals surface area contributed by atoms with E-state index in [0.717, 1.165) is 28.2 Å². The fourth-order valence-corrected chi connectivity index (χ4v) is 3.71. The van der Waals surface area contributed by atoms with Crippen molar-refractivity contribution in [3.63, 3.8) is 0 Å². The van der Waals surface area contributed by atoms with Crippen LogP contribution < -0.4 is 10.1 Å². The summed E-state index contributed by atoms with van der Waals surface area (Å²) < 4.78 is 6.86. The van der Waals surface area contributed by atoms with E-state index in [4.69, 9.17) is 4.74 Å². The Hall–Kier alpha value is -2.89. The third kappa shape index (κ3) is 3.79. The van der Waals surface area contributed by atoms with Crippen LogP contribution in [0.3, 0.4) is 0 Å². The molecule has 0 atom stereocenters. The number of rotatable bonds is 5. The molecule has 0 spiro atoms. The largest absolute Gasteiger partial charge is 0.480 e. The minimum absolute atomic E-state index is 0.101. The van der Waals surface area contributed by atoms with Gasteiger partial charge in [-0.2, -0.15) is 0 Å². The van der Waals surface area contributed by atoms with Gasteiger partial charge in [0, 0.05) is 23.7 Å². The molecule has 0 unspecified atom stereocenters. The number of hydrogen-bond donors (Lipinski definition) is 1. The van der Waals surface area contributed by atoms with Crippen LogP contribution in [0.25, 0.3) is 16.9 Å². The van der Waals surface area contributed by atoms with E-state index >= 15 is 0 Å². The van der Waals surface area contributed by atoms with Crippen LogP contribution in [0, 0.1) is 12.8 Å². The van der Waals surface area contributed by atoms with E-state index in [0.29, 0.717) is 18.2 Å². The first-order valence-electron chi connectivity index (χ1n) is 9.43. The Kier molecular flexibility index (Phi) is 4.79. The van der Waals surface area contributed by atoms with Crippen molar-refractivity contribution in [1.29, 1.82) is 0 Å². The Labute approximate surface area is 158 Å². The van der Waals surface area contributed by atoms with E-state index in [1.54, 1.807) is 17.7 Å². The van der Waals surface area contributed by atoms with Crippen LogP contribution in [-0.2, 0) is 4.79 Å². The number of hydrogen-bond acceptors (Lipinski definition) is 4. The highest BCUT2D eigenvalue weighted by atomic mass is 16.5. The van der Waals surface area contributed by atoms with Gasteiger partial charge in [0.15, 0.2) is 5.65 Å². The van der Waals surface area contributed by atoms with Crippen molar-refractivity contribution in [2.24, 2.45) is 5.92 Å². The SMILES string of the molecule is COc1ccc2nc(-c3ccc(C)c(NC(=O)CC4CCCC4)c3)cn2n1. The summed E-state index contributed by atoms with van der Waals surface area (Å²) in [7, 11) is 1.59. The second kappa shape index (κ2) is 7.39. The van der Waals surface area contributed by atoms with E-state index < -0.39 is 0 Å². The van der Waals surface area contributed by atoms with E-state index in [9.17, 15) is 4.79 Å². The van der Waals surface area contributed by atoms with Gasteiger partial charge in [-0.3, -0.25) is 4.79 Å². The van der Waals surface area contributed by atoms with Gasteiger partial charge in [-0.1, -0.05) is 25.0 Å². The van der Waals surface area contributed by atoms with Gasteiger partial charge in [-0.05, 0) is 43.4 Å². The number of nitrogens with zero attached hydrogens (tertiary/aromatic N) is 3. The number of ether oxygens (including phenoxy) is 1.